The fraction of sp³-hybridized carbons (Fsp3) is 0.120. The molecule has 5 aromatic rings. The van der Waals surface area contributed by atoms with Crippen LogP contribution in [0.2, 0.25) is 0 Å². The first kappa shape index (κ1) is 23.2. The summed E-state index contributed by atoms with van der Waals surface area (Å²) in [4.78, 5) is 4.37. The van der Waals surface area contributed by atoms with Crippen molar-refractivity contribution in [2.45, 2.75) is 25.7 Å². The summed E-state index contributed by atoms with van der Waals surface area (Å²) in [6.45, 7) is 5.60. The average Bonchev–Trinajstić information content (AvgIpc) is 3.45. The number of nitrogens with one attached hydrogen (secondary N) is 1. The van der Waals surface area contributed by atoms with Gasteiger partial charge in [-0.1, -0.05) is 12.1 Å². The number of rotatable bonds is 7. The van der Waals surface area contributed by atoms with Crippen LogP contribution < -0.4 is 9.46 Å². The summed E-state index contributed by atoms with van der Waals surface area (Å²) in [6, 6.07) is 18.3. The number of nitrogens with zero attached hydrogens (tertiary/aromatic N) is 5. The second-order valence-corrected chi connectivity index (χ2v) is 9.76. The molecule has 3 heterocycles. The third-order valence-electron chi connectivity index (χ3n) is 5.26. The molecule has 0 spiro atoms. The minimum absolute atomic E-state index is 0.129. The number of oxazole rings is 1. The summed E-state index contributed by atoms with van der Waals surface area (Å²) >= 11 is 0. The summed E-state index contributed by atoms with van der Waals surface area (Å²) in [5.41, 5.74) is 3.65. The van der Waals surface area contributed by atoms with Gasteiger partial charge < -0.3 is 9.15 Å². The molecule has 10 nitrogen and oxygen atoms in total. The Balaban J connectivity index is 1.24. The van der Waals surface area contributed by atoms with Gasteiger partial charge in [0.15, 0.2) is 11.7 Å². The minimum atomic E-state index is -3.78. The Labute approximate surface area is 207 Å². The van der Waals surface area contributed by atoms with Gasteiger partial charge in [-0.2, -0.15) is 5.10 Å². The maximum atomic E-state index is 12.8. The molecule has 2 aromatic carbocycles. The molecule has 0 aliphatic carbocycles. The van der Waals surface area contributed by atoms with Crippen LogP contribution in [0, 0.1) is 20.8 Å². The average molecular weight is 503 g/mol. The quantitative estimate of drug-likeness (QED) is 0.335. The molecule has 0 atom stereocenters. The SMILES string of the molecule is Cc1cc(C)n(-c2ccc(Oc3ccc(NS(=O)(=O)c4ccc(-c5coc(C)n5)cc4)cc3)nn2)n1. The smallest absolute Gasteiger partial charge is 0.261 e. The number of benzene rings is 2. The molecule has 1 N–H and O–H groups in total. The van der Waals surface area contributed by atoms with Crippen LogP contribution in [-0.2, 0) is 10.0 Å². The highest BCUT2D eigenvalue weighted by atomic mass is 32.2. The third kappa shape index (κ3) is 4.96. The molecule has 0 bridgehead atoms. The highest BCUT2D eigenvalue weighted by Crippen LogP contribution is 2.25. The van der Waals surface area contributed by atoms with Gasteiger partial charge in [0.05, 0.1) is 10.6 Å². The molecule has 0 saturated heterocycles. The Bertz CT molecular complexity index is 1610. The van der Waals surface area contributed by atoms with E-state index < -0.39 is 10.0 Å². The van der Waals surface area contributed by atoms with Gasteiger partial charge in [-0.15, -0.1) is 10.2 Å². The zero-order chi connectivity index (χ0) is 25.3. The van der Waals surface area contributed by atoms with Gasteiger partial charge in [-0.25, -0.2) is 18.1 Å². The summed E-state index contributed by atoms with van der Waals surface area (Å²) in [5.74, 6) is 1.91. The first-order valence-electron chi connectivity index (χ1n) is 11.0. The largest absolute Gasteiger partial charge is 0.449 e. The number of hydrogen-bond acceptors (Lipinski definition) is 8. The maximum absolute atomic E-state index is 12.8. The van der Waals surface area contributed by atoms with Crippen molar-refractivity contribution in [2.24, 2.45) is 0 Å². The van der Waals surface area contributed by atoms with Crippen LogP contribution in [0.15, 0.2) is 82.3 Å². The Morgan fingerprint density at radius 2 is 1.67 bits per heavy atom. The molecule has 11 heteroatoms. The Kier molecular flexibility index (Phi) is 5.98. The Morgan fingerprint density at radius 3 is 2.25 bits per heavy atom. The van der Waals surface area contributed by atoms with E-state index in [1.165, 1.54) is 18.4 Å². The van der Waals surface area contributed by atoms with E-state index in [9.17, 15) is 8.42 Å². The number of hydrogen-bond donors (Lipinski definition) is 1. The molecule has 182 valence electrons. The van der Waals surface area contributed by atoms with Crippen LogP contribution in [0.3, 0.4) is 0 Å². The molecule has 0 fully saturated rings. The predicted molar refractivity (Wildman–Crippen MR) is 133 cm³/mol. The fourth-order valence-corrected chi connectivity index (χ4v) is 4.63. The van der Waals surface area contributed by atoms with E-state index in [-0.39, 0.29) is 4.90 Å². The zero-order valence-corrected chi connectivity index (χ0v) is 20.5. The van der Waals surface area contributed by atoms with E-state index in [2.05, 4.69) is 25.0 Å². The lowest BCUT2D eigenvalue weighted by atomic mass is 10.2. The lowest BCUT2D eigenvalue weighted by molar-refractivity contribution is 0.454. The predicted octanol–water partition coefficient (Wildman–Crippen LogP) is 4.84. The molecule has 0 saturated carbocycles. The first-order chi connectivity index (χ1) is 17.3. The monoisotopic (exact) mass is 502 g/mol. The Hall–Kier alpha value is -4.51. The van der Waals surface area contributed by atoms with Crippen molar-refractivity contribution in [1.82, 2.24) is 25.0 Å². The van der Waals surface area contributed by atoms with Crippen LogP contribution in [0.4, 0.5) is 5.69 Å². The van der Waals surface area contributed by atoms with Crippen molar-refractivity contribution in [3.05, 3.63) is 90.3 Å². The molecule has 0 unspecified atom stereocenters. The number of aromatic nitrogens is 5. The van der Waals surface area contributed by atoms with Gasteiger partial charge in [0, 0.05) is 29.9 Å². The van der Waals surface area contributed by atoms with Crippen molar-refractivity contribution < 1.29 is 17.6 Å². The fourth-order valence-electron chi connectivity index (χ4n) is 3.57. The molecular weight excluding hydrogens is 480 g/mol. The number of sulfonamides is 1. The molecule has 0 amide bonds. The van der Waals surface area contributed by atoms with Crippen LogP contribution in [-0.4, -0.2) is 33.4 Å². The summed E-state index contributed by atoms with van der Waals surface area (Å²) in [7, 11) is -3.78. The molecule has 5 rings (SSSR count). The number of anilines is 1. The highest BCUT2D eigenvalue weighted by molar-refractivity contribution is 7.92. The Morgan fingerprint density at radius 1 is 0.917 bits per heavy atom. The molecule has 0 aliphatic rings. The lowest BCUT2D eigenvalue weighted by Crippen LogP contribution is -2.12. The minimum Gasteiger partial charge on any atom is -0.449 e. The van der Waals surface area contributed by atoms with Crippen LogP contribution in [0.5, 0.6) is 11.6 Å². The second-order valence-electron chi connectivity index (χ2n) is 8.08. The van der Waals surface area contributed by atoms with Gasteiger partial charge in [-0.05, 0) is 62.4 Å². The van der Waals surface area contributed by atoms with Gasteiger partial charge in [-0.3, -0.25) is 4.72 Å². The first-order valence-corrected chi connectivity index (χ1v) is 12.5. The number of aryl methyl sites for hydroxylation is 3. The van der Waals surface area contributed by atoms with Crippen molar-refractivity contribution >= 4 is 15.7 Å². The zero-order valence-electron chi connectivity index (χ0n) is 19.7. The molecule has 36 heavy (non-hydrogen) atoms. The highest BCUT2D eigenvalue weighted by Gasteiger charge is 2.15. The summed E-state index contributed by atoms with van der Waals surface area (Å²) in [5, 5.41) is 12.7. The normalized spacial score (nSPS) is 11.4. The standard InChI is InChI=1S/C25H22N6O4S/c1-16-14-17(2)31(29-16)24-12-13-25(28-27-24)35-21-8-6-20(7-9-21)30-36(32,33)22-10-4-19(5-11-22)23-15-34-18(3)26-23/h4-15,30H,1-3H3. The van der Waals surface area contributed by atoms with E-state index >= 15 is 0 Å². The lowest BCUT2D eigenvalue weighted by Gasteiger charge is -2.10. The third-order valence-corrected chi connectivity index (χ3v) is 6.66. The summed E-state index contributed by atoms with van der Waals surface area (Å²) in [6.07, 6.45) is 1.53. The van der Waals surface area contributed by atoms with Gasteiger partial charge in [0.2, 0.25) is 5.88 Å². The molecule has 3 aromatic heterocycles. The van der Waals surface area contributed by atoms with Crippen LogP contribution in [0.1, 0.15) is 17.3 Å². The number of ether oxygens (including phenoxy) is 1. The van der Waals surface area contributed by atoms with E-state index in [1.807, 2.05) is 19.9 Å². The van der Waals surface area contributed by atoms with Gasteiger partial charge in [0.25, 0.3) is 10.0 Å². The van der Waals surface area contributed by atoms with Crippen molar-refractivity contribution in [2.75, 3.05) is 4.72 Å². The van der Waals surface area contributed by atoms with Crippen LogP contribution in [0.25, 0.3) is 17.1 Å². The van der Waals surface area contributed by atoms with Crippen molar-refractivity contribution in [1.29, 1.82) is 0 Å². The molecule has 0 radical (unpaired) electrons. The van der Waals surface area contributed by atoms with E-state index in [0.717, 1.165) is 17.0 Å². The molecular formula is C25H22N6O4S. The van der Waals surface area contributed by atoms with E-state index in [1.54, 1.807) is 60.1 Å². The van der Waals surface area contributed by atoms with Crippen molar-refractivity contribution in [3.8, 4) is 28.7 Å². The van der Waals surface area contributed by atoms with E-state index in [4.69, 9.17) is 9.15 Å². The topological polar surface area (TPSA) is 125 Å². The van der Waals surface area contributed by atoms with Gasteiger partial charge >= 0.3 is 0 Å². The molecule has 0 aliphatic heterocycles. The summed E-state index contributed by atoms with van der Waals surface area (Å²) < 4.78 is 40.8. The van der Waals surface area contributed by atoms with Gasteiger partial charge in [0.1, 0.15) is 17.7 Å². The maximum Gasteiger partial charge on any atom is 0.261 e. The second kappa shape index (κ2) is 9.27. The van der Waals surface area contributed by atoms with E-state index in [0.29, 0.717) is 34.7 Å². The van der Waals surface area contributed by atoms with Crippen LogP contribution >= 0.6 is 0 Å². The van der Waals surface area contributed by atoms with Crippen molar-refractivity contribution in [3.63, 3.8) is 0 Å².